The molecule has 0 fully saturated rings. The zero-order valence-corrected chi connectivity index (χ0v) is 13.1. The molecule has 18 heavy (non-hydrogen) atoms. The van der Waals surface area contributed by atoms with Gasteiger partial charge in [0.1, 0.15) is 0 Å². The predicted octanol–water partition coefficient (Wildman–Crippen LogP) is 3.65. The summed E-state index contributed by atoms with van der Waals surface area (Å²) in [6, 6.07) is 5.12. The van der Waals surface area contributed by atoms with Crippen LogP contribution in [-0.2, 0) is 4.74 Å². The Morgan fingerprint density at radius 3 is 2.78 bits per heavy atom. The molecule has 0 aromatic heterocycles. The summed E-state index contributed by atoms with van der Waals surface area (Å²) in [4.78, 5) is 12.0. The highest BCUT2D eigenvalue weighted by molar-refractivity contribution is 9.10. The van der Waals surface area contributed by atoms with Gasteiger partial charge in [-0.2, -0.15) is 0 Å². The van der Waals surface area contributed by atoms with Crippen molar-refractivity contribution < 1.29 is 9.53 Å². The van der Waals surface area contributed by atoms with Crippen molar-refractivity contribution in [2.45, 2.75) is 26.4 Å². The minimum absolute atomic E-state index is 0.169. The number of nitrogens with one attached hydrogen (secondary N) is 1. The predicted molar refractivity (Wildman–Crippen MR) is 77.2 cm³/mol. The van der Waals surface area contributed by atoms with Crippen LogP contribution in [0.2, 0.25) is 5.02 Å². The summed E-state index contributed by atoms with van der Waals surface area (Å²) < 4.78 is 6.24. The minimum atomic E-state index is -0.380. The van der Waals surface area contributed by atoms with E-state index in [9.17, 15) is 4.79 Å². The van der Waals surface area contributed by atoms with Crippen LogP contribution < -0.4 is 5.32 Å². The number of amides is 1. The molecule has 0 saturated carbocycles. The Morgan fingerprint density at radius 2 is 2.17 bits per heavy atom. The maximum atomic E-state index is 12.0. The standard InChI is InChI=1S/C13H17BrClNO2/c1-4-18-13(2,3)8-16-12(17)10-7-9(15)5-6-11(10)14/h5-7H,4,8H2,1-3H3,(H,16,17). The van der Waals surface area contributed by atoms with Crippen molar-refractivity contribution in [3.8, 4) is 0 Å². The topological polar surface area (TPSA) is 38.3 Å². The van der Waals surface area contributed by atoms with E-state index in [1.54, 1.807) is 18.2 Å². The number of hydrogen-bond acceptors (Lipinski definition) is 2. The van der Waals surface area contributed by atoms with Gasteiger partial charge in [0.25, 0.3) is 5.91 Å². The summed E-state index contributed by atoms with van der Waals surface area (Å²) in [6.45, 7) is 6.85. The molecular weight excluding hydrogens is 318 g/mol. The number of benzene rings is 1. The van der Waals surface area contributed by atoms with Gasteiger partial charge in [0, 0.05) is 22.6 Å². The Bertz CT molecular complexity index is 435. The Morgan fingerprint density at radius 1 is 1.50 bits per heavy atom. The second-order valence-corrected chi connectivity index (χ2v) is 5.79. The molecule has 1 aromatic carbocycles. The highest BCUT2D eigenvalue weighted by Crippen LogP contribution is 2.21. The smallest absolute Gasteiger partial charge is 0.252 e. The van der Waals surface area contributed by atoms with Crippen LogP contribution in [-0.4, -0.2) is 24.7 Å². The highest BCUT2D eigenvalue weighted by Gasteiger charge is 2.19. The van der Waals surface area contributed by atoms with Gasteiger partial charge in [0.05, 0.1) is 11.2 Å². The quantitative estimate of drug-likeness (QED) is 0.892. The average molecular weight is 335 g/mol. The lowest BCUT2D eigenvalue weighted by molar-refractivity contribution is -0.00815. The zero-order valence-electron chi connectivity index (χ0n) is 10.7. The van der Waals surface area contributed by atoms with Gasteiger partial charge in [-0.05, 0) is 54.9 Å². The van der Waals surface area contributed by atoms with Gasteiger partial charge in [-0.15, -0.1) is 0 Å². The lowest BCUT2D eigenvalue weighted by atomic mass is 10.1. The van der Waals surface area contributed by atoms with E-state index in [0.29, 0.717) is 23.7 Å². The Hall–Kier alpha value is -0.580. The third kappa shape index (κ3) is 4.59. The summed E-state index contributed by atoms with van der Waals surface area (Å²) in [5.74, 6) is -0.169. The van der Waals surface area contributed by atoms with E-state index in [2.05, 4.69) is 21.2 Å². The van der Waals surface area contributed by atoms with Crippen molar-refractivity contribution in [2.75, 3.05) is 13.2 Å². The van der Waals surface area contributed by atoms with Crippen molar-refractivity contribution in [3.05, 3.63) is 33.3 Å². The van der Waals surface area contributed by atoms with Gasteiger partial charge < -0.3 is 10.1 Å². The minimum Gasteiger partial charge on any atom is -0.374 e. The molecule has 0 aliphatic heterocycles. The fraction of sp³-hybridized carbons (Fsp3) is 0.462. The fourth-order valence-electron chi connectivity index (χ4n) is 1.50. The van der Waals surface area contributed by atoms with E-state index < -0.39 is 0 Å². The Kier molecular flexibility index (Phi) is 5.63. The van der Waals surface area contributed by atoms with Gasteiger partial charge in [0.15, 0.2) is 0 Å². The summed E-state index contributed by atoms with van der Waals surface area (Å²) in [6.07, 6.45) is 0. The van der Waals surface area contributed by atoms with Crippen LogP contribution >= 0.6 is 27.5 Å². The maximum absolute atomic E-state index is 12.0. The first-order valence-corrected chi connectivity index (χ1v) is 6.90. The maximum Gasteiger partial charge on any atom is 0.252 e. The lowest BCUT2D eigenvalue weighted by Gasteiger charge is -2.25. The van der Waals surface area contributed by atoms with Crippen LogP contribution in [0.5, 0.6) is 0 Å². The van der Waals surface area contributed by atoms with E-state index in [0.717, 1.165) is 4.47 Å². The van der Waals surface area contributed by atoms with E-state index in [4.69, 9.17) is 16.3 Å². The average Bonchev–Trinajstić information content (AvgIpc) is 2.29. The van der Waals surface area contributed by atoms with Gasteiger partial charge in [-0.3, -0.25) is 4.79 Å². The molecular formula is C13H17BrClNO2. The van der Waals surface area contributed by atoms with E-state index >= 15 is 0 Å². The number of halogens is 2. The molecule has 0 saturated heterocycles. The fourth-order valence-corrected chi connectivity index (χ4v) is 2.10. The first kappa shape index (κ1) is 15.5. The van der Waals surface area contributed by atoms with Crippen LogP contribution in [0, 0.1) is 0 Å². The van der Waals surface area contributed by atoms with E-state index in [1.807, 2.05) is 20.8 Å². The van der Waals surface area contributed by atoms with Crippen LogP contribution in [0.15, 0.2) is 22.7 Å². The van der Waals surface area contributed by atoms with Crippen LogP contribution in [0.25, 0.3) is 0 Å². The molecule has 5 heteroatoms. The van der Waals surface area contributed by atoms with Crippen LogP contribution in [0.4, 0.5) is 0 Å². The molecule has 100 valence electrons. The summed E-state index contributed by atoms with van der Waals surface area (Å²) in [5.41, 5.74) is 0.143. The molecule has 0 spiro atoms. The number of hydrogen-bond donors (Lipinski definition) is 1. The van der Waals surface area contributed by atoms with Crippen molar-refractivity contribution in [2.24, 2.45) is 0 Å². The SMILES string of the molecule is CCOC(C)(C)CNC(=O)c1cc(Cl)ccc1Br. The molecule has 0 unspecified atom stereocenters. The van der Waals surface area contributed by atoms with Gasteiger partial charge in [-0.1, -0.05) is 11.6 Å². The number of ether oxygens (including phenoxy) is 1. The van der Waals surface area contributed by atoms with Crippen molar-refractivity contribution >= 4 is 33.4 Å². The number of rotatable bonds is 5. The van der Waals surface area contributed by atoms with Crippen molar-refractivity contribution in [1.82, 2.24) is 5.32 Å². The summed E-state index contributed by atoms with van der Waals surface area (Å²) in [5, 5.41) is 3.37. The Labute approximate surface area is 121 Å². The Balaban J connectivity index is 2.69. The third-order valence-electron chi connectivity index (χ3n) is 2.38. The normalized spacial score (nSPS) is 11.4. The highest BCUT2D eigenvalue weighted by atomic mass is 79.9. The molecule has 0 atom stereocenters. The summed E-state index contributed by atoms with van der Waals surface area (Å²) >= 11 is 9.21. The van der Waals surface area contributed by atoms with E-state index in [1.165, 1.54) is 0 Å². The second-order valence-electron chi connectivity index (χ2n) is 4.50. The number of carbonyl (C=O) groups is 1. The number of carbonyl (C=O) groups excluding carboxylic acids is 1. The van der Waals surface area contributed by atoms with Crippen molar-refractivity contribution in [1.29, 1.82) is 0 Å². The first-order valence-electron chi connectivity index (χ1n) is 5.73. The second kappa shape index (κ2) is 6.55. The largest absolute Gasteiger partial charge is 0.374 e. The zero-order chi connectivity index (χ0) is 13.8. The lowest BCUT2D eigenvalue weighted by Crippen LogP contribution is -2.40. The molecule has 0 aliphatic carbocycles. The molecule has 1 amide bonds. The van der Waals surface area contributed by atoms with Crippen LogP contribution in [0.3, 0.4) is 0 Å². The van der Waals surface area contributed by atoms with Crippen molar-refractivity contribution in [3.63, 3.8) is 0 Å². The molecule has 1 rings (SSSR count). The van der Waals surface area contributed by atoms with E-state index in [-0.39, 0.29) is 11.5 Å². The molecule has 3 nitrogen and oxygen atoms in total. The third-order valence-corrected chi connectivity index (χ3v) is 3.31. The van der Waals surface area contributed by atoms with Gasteiger partial charge in [0.2, 0.25) is 0 Å². The molecule has 0 aliphatic rings. The molecule has 0 radical (unpaired) electrons. The van der Waals surface area contributed by atoms with Gasteiger partial charge >= 0.3 is 0 Å². The molecule has 1 aromatic rings. The molecule has 0 heterocycles. The monoisotopic (exact) mass is 333 g/mol. The molecule has 0 bridgehead atoms. The summed E-state index contributed by atoms with van der Waals surface area (Å²) in [7, 11) is 0. The molecule has 1 N–H and O–H groups in total. The van der Waals surface area contributed by atoms with Gasteiger partial charge in [-0.25, -0.2) is 0 Å². The van der Waals surface area contributed by atoms with Crippen LogP contribution in [0.1, 0.15) is 31.1 Å². The first-order chi connectivity index (χ1) is 8.35.